The molecule has 1 aliphatic carbocycles. The third-order valence-electron chi connectivity index (χ3n) is 2.52. The van der Waals surface area contributed by atoms with E-state index < -0.39 is 5.38 Å². The van der Waals surface area contributed by atoms with Crippen LogP contribution in [0.15, 0.2) is 0 Å². The molecule has 16 heavy (non-hydrogen) atoms. The highest BCUT2D eigenvalue weighted by Crippen LogP contribution is 2.30. The number of rotatable bonds is 5. The Morgan fingerprint density at radius 2 is 2.44 bits per heavy atom. The van der Waals surface area contributed by atoms with Gasteiger partial charge < -0.3 is 5.32 Å². The first-order valence-corrected chi connectivity index (χ1v) is 5.77. The zero-order chi connectivity index (χ0) is 11.5. The fourth-order valence-corrected chi connectivity index (χ4v) is 1.42. The number of hydrogen-bond donors (Lipinski definition) is 1. The highest BCUT2D eigenvalue weighted by atomic mass is 35.5. The largest absolute Gasteiger partial charge is 0.347 e. The molecule has 1 fully saturated rings. The maximum Gasteiger partial charge on any atom is 0.238 e. The van der Waals surface area contributed by atoms with Crippen LogP contribution in [-0.4, -0.2) is 31.5 Å². The zero-order valence-corrected chi connectivity index (χ0v) is 9.81. The van der Waals surface area contributed by atoms with E-state index >= 15 is 0 Å². The van der Waals surface area contributed by atoms with E-state index in [1.54, 1.807) is 11.6 Å². The van der Waals surface area contributed by atoms with Crippen molar-refractivity contribution in [2.75, 3.05) is 0 Å². The van der Waals surface area contributed by atoms with E-state index in [-0.39, 0.29) is 5.91 Å². The smallest absolute Gasteiger partial charge is 0.238 e. The number of tetrazole rings is 1. The minimum absolute atomic E-state index is 0.206. The van der Waals surface area contributed by atoms with Gasteiger partial charge in [-0.3, -0.25) is 4.79 Å². The summed E-state index contributed by atoms with van der Waals surface area (Å²) in [5.74, 6) is 1.17. The van der Waals surface area contributed by atoms with Gasteiger partial charge in [0.1, 0.15) is 5.38 Å². The predicted molar refractivity (Wildman–Crippen MR) is 57.7 cm³/mol. The predicted octanol–water partition coefficient (Wildman–Crippen LogP) is 0.327. The lowest BCUT2D eigenvalue weighted by Crippen LogP contribution is -2.30. The molecule has 7 heteroatoms. The van der Waals surface area contributed by atoms with Gasteiger partial charge in [-0.1, -0.05) is 0 Å². The molecule has 0 aliphatic heterocycles. The van der Waals surface area contributed by atoms with Gasteiger partial charge in [0.2, 0.25) is 5.91 Å². The highest BCUT2D eigenvalue weighted by Gasteiger charge is 2.23. The Hall–Kier alpha value is -1.17. The maximum absolute atomic E-state index is 11.3. The summed E-state index contributed by atoms with van der Waals surface area (Å²) in [5.41, 5.74) is 0. The molecule has 1 atom stereocenters. The summed E-state index contributed by atoms with van der Waals surface area (Å²) < 4.78 is 1.75. The number of carbonyl (C=O) groups excluding carboxylic acids is 1. The van der Waals surface area contributed by atoms with Gasteiger partial charge in [-0.2, -0.15) is 0 Å². The highest BCUT2D eigenvalue weighted by molar-refractivity contribution is 6.30. The summed E-state index contributed by atoms with van der Waals surface area (Å²) in [5, 5.41) is 13.5. The quantitative estimate of drug-likeness (QED) is 0.757. The second-order valence-electron chi connectivity index (χ2n) is 4.05. The third-order valence-corrected chi connectivity index (χ3v) is 2.71. The molecule has 1 aromatic rings. The van der Waals surface area contributed by atoms with Crippen molar-refractivity contribution < 1.29 is 4.79 Å². The Labute approximate surface area is 98.3 Å². The first kappa shape index (κ1) is 11.3. The molecule has 1 aromatic heterocycles. The van der Waals surface area contributed by atoms with Gasteiger partial charge >= 0.3 is 0 Å². The Balaban J connectivity index is 1.88. The fourth-order valence-electron chi connectivity index (χ4n) is 1.34. The minimum Gasteiger partial charge on any atom is -0.347 e. The molecule has 0 bridgehead atoms. The van der Waals surface area contributed by atoms with Crippen molar-refractivity contribution in [2.24, 2.45) is 5.92 Å². The topological polar surface area (TPSA) is 72.7 Å². The first-order chi connectivity index (χ1) is 7.66. The van der Waals surface area contributed by atoms with Crippen LogP contribution in [0.5, 0.6) is 0 Å². The number of nitrogens with zero attached hydrogens (tertiary/aromatic N) is 4. The lowest BCUT2D eigenvalue weighted by Gasteiger charge is -2.06. The molecule has 1 heterocycles. The molecule has 1 unspecified atom stereocenters. The van der Waals surface area contributed by atoms with E-state index in [1.165, 1.54) is 12.8 Å². The molecule has 1 amide bonds. The van der Waals surface area contributed by atoms with Crippen LogP contribution < -0.4 is 5.32 Å². The number of nitrogens with one attached hydrogen (secondary N) is 1. The van der Waals surface area contributed by atoms with Crippen LogP contribution in [-0.2, 0) is 17.9 Å². The summed E-state index contributed by atoms with van der Waals surface area (Å²) in [6, 6.07) is 0. The molecule has 1 saturated carbocycles. The van der Waals surface area contributed by atoms with Crippen LogP contribution in [0.4, 0.5) is 0 Å². The van der Waals surface area contributed by atoms with Crippen molar-refractivity contribution in [1.29, 1.82) is 0 Å². The second kappa shape index (κ2) is 4.78. The van der Waals surface area contributed by atoms with Gasteiger partial charge in [0, 0.05) is 6.54 Å². The van der Waals surface area contributed by atoms with Crippen LogP contribution in [0.3, 0.4) is 0 Å². The molecule has 1 N–H and O–H groups in total. The van der Waals surface area contributed by atoms with Crippen LogP contribution in [0, 0.1) is 5.92 Å². The molecule has 0 saturated heterocycles. The van der Waals surface area contributed by atoms with E-state index in [1.807, 2.05) is 0 Å². The maximum atomic E-state index is 11.3. The van der Waals surface area contributed by atoms with E-state index in [4.69, 9.17) is 11.6 Å². The van der Waals surface area contributed by atoms with Crippen molar-refractivity contribution in [2.45, 2.75) is 38.2 Å². The van der Waals surface area contributed by atoms with E-state index in [2.05, 4.69) is 20.8 Å². The number of alkyl halides is 1. The van der Waals surface area contributed by atoms with Gasteiger partial charge in [0.25, 0.3) is 0 Å². The number of amides is 1. The summed E-state index contributed by atoms with van der Waals surface area (Å²) >= 11 is 5.63. The molecule has 0 spiro atoms. The van der Waals surface area contributed by atoms with Crippen molar-refractivity contribution in [1.82, 2.24) is 25.5 Å². The Morgan fingerprint density at radius 3 is 3.06 bits per heavy atom. The summed E-state index contributed by atoms with van der Waals surface area (Å²) in [4.78, 5) is 11.3. The van der Waals surface area contributed by atoms with E-state index in [0.717, 1.165) is 6.54 Å². The van der Waals surface area contributed by atoms with Crippen molar-refractivity contribution in [3.63, 3.8) is 0 Å². The lowest BCUT2D eigenvalue weighted by molar-refractivity contribution is -0.120. The minimum atomic E-state index is -0.534. The first-order valence-electron chi connectivity index (χ1n) is 5.33. The molecule has 6 nitrogen and oxygen atoms in total. The summed E-state index contributed by atoms with van der Waals surface area (Å²) in [6.07, 6.45) is 2.48. The molecule has 0 aromatic carbocycles. The molecule has 88 valence electrons. The monoisotopic (exact) mass is 243 g/mol. The fraction of sp³-hybridized carbons (Fsp3) is 0.778. The normalized spacial score (nSPS) is 17.1. The molecular weight excluding hydrogens is 230 g/mol. The molecule has 1 aliphatic rings. The van der Waals surface area contributed by atoms with Gasteiger partial charge in [-0.15, -0.1) is 16.7 Å². The lowest BCUT2D eigenvalue weighted by atomic mass is 10.4. The van der Waals surface area contributed by atoms with Gasteiger partial charge in [0.05, 0.1) is 6.54 Å². The standard InChI is InChI=1S/C9H14ClN5O/c1-6(10)9(16)11-4-8-12-13-14-15(8)5-7-2-3-7/h6-7H,2-5H2,1H3,(H,11,16). The van der Waals surface area contributed by atoms with Crippen molar-refractivity contribution in [3.05, 3.63) is 5.82 Å². The van der Waals surface area contributed by atoms with Gasteiger partial charge in [-0.05, 0) is 36.1 Å². The van der Waals surface area contributed by atoms with E-state index in [0.29, 0.717) is 18.3 Å². The average molecular weight is 244 g/mol. The van der Waals surface area contributed by atoms with Crippen molar-refractivity contribution >= 4 is 17.5 Å². The Morgan fingerprint density at radius 1 is 1.69 bits per heavy atom. The summed E-state index contributed by atoms with van der Waals surface area (Å²) in [7, 11) is 0. The van der Waals surface area contributed by atoms with Gasteiger partial charge in [-0.25, -0.2) is 4.68 Å². The van der Waals surface area contributed by atoms with Crippen LogP contribution in [0.25, 0.3) is 0 Å². The Bertz CT molecular complexity index is 374. The van der Waals surface area contributed by atoms with Crippen LogP contribution >= 0.6 is 11.6 Å². The molecule has 0 radical (unpaired) electrons. The zero-order valence-electron chi connectivity index (χ0n) is 9.06. The number of halogens is 1. The average Bonchev–Trinajstić information content (AvgIpc) is 2.94. The molecule has 2 rings (SSSR count). The number of hydrogen-bond acceptors (Lipinski definition) is 4. The number of carbonyl (C=O) groups is 1. The summed E-state index contributed by atoms with van der Waals surface area (Å²) in [6.45, 7) is 2.80. The molecular formula is C9H14ClN5O. The van der Waals surface area contributed by atoms with Crippen LogP contribution in [0.1, 0.15) is 25.6 Å². The van der Waals surface area contributed by atoms with Crippen molar-refractivity contribution in [3.8, 4) is 0 Å². The van der Waals surface area contributed by atoms with E-state index in [9.17, 15) is 4.79 Å². The Kier molecular flexibility index (Phi) is 3.38. The SMILES string of the molecule is CC(Cl)C(=O)NCc1nnnn1CC1CC1. The second-order valence-corrected chi connectivity index (χ2v) is 4.71. The third kappa shape index (κ3) is 2.91. The van der Waals surface area contributed by atoms with Crippen LogP contribution in [0.2, 0.25) is 0 Å². The number of aromatic nitrogens is 4. The van der Waals surface area contributed by atoms with Gasteiger partial charge in [0.15, 0.2) is 5.82 Å².